The van der Waals surface area contributed by atoms with Crippen molar-refractivity contribution < 1.29 is 14.3 Å². The van der Waals surface area contributed by atoms with E-state index in [2.05, 4.69) is 24.5 Å². The van der Waals surface area contributed by atoms with Crippen LogP contribution in [0.2, 0.25) is 0 Å². The van der Waals surface area contributed by atoms with E-state index in [4.69, 9.17) is 4.74 Å². The lowest BCUT2D eigenvalue weighted by molar-refractivity contribution is -0.126. The Morgan fingerprint density at radius 3 is 1.18 bits per heavy atom. The monoisotopic (exact) mass is 633 g/mol. The van der Waals surface area contributed by atoms with Gasteiger partial charge < -0.3 is 4.74 Å². The van der Waals surface area contributed by atoms with Gasteiger partial charge in [0.25, 0.3) is 0 Å². The molecule has 0 aromatic rings. The maximum Gasteiger partial charge on any atom is 0.149 e. The van der Waals surface area contributed by atoms with Crippen LogP contribution in [0.3, 0.4) is 0 Å². The lowest BCUT2D eigenvalue weighted by Crippen LogP contribution is -2.50. The predicted octanol–water partition coefficient (Wildman–Crippen LogP) is 11.3. The van der Waals surface area contributed by atoms with Crippen LogP contribution in [-0.4, -0.2) is 36.1 Å². The predicted molar refractivity (Wildman–Crippen MR) is 192 cm³/mol. The molecular formula is C40H76N2O3. The number of carbonyl (C=O) groups excluding carboxylic acids is 2. The maximum absolute atomic E-state index is 13.0. The fourth-order valence-electron chi connectivity index (χ4n) is 7.33. The molecule has 264 valence electrons. The summed E-state index contributed by atoms with van der Waals surface area (Å²) in [7, 11) is 0. The van der Waals surface area contributed by atoms with Gasteiger partial charge in [0.15, 0.2) is 0 Å². The number of nitrogens with one attached hydrogen (secondary N) is 2. The van der Waals surface area contributed by atoms with Gasteiger partial charge in [0.2, 0.25) is 0 Å². The molecule has 2 N–H and O–H groups in total. The molecule has 0 aromatic heterocycles. The second-order valence-electron chi connectivity index (χ2n) is 14.6. The van der Waals surface area contributed by atoms with Crippen molar-refractivity contribution in [3.8, 4) is 0 Å². The molecule has 4 atom stereocenters. The minimum atomic E-state index is -0.132. The molecule has 5 nitrogen and oxygen atoms in total. The van der Waals surface area contributed by atoms with Gasteiger partial charge in [-0.15, -0.1) is 0 Å². The molecule has 2 aliphatic carbocycles. The first-order valence-corrected chi connectivity index (χ1v) is 20.4. The van der Waals surface area contributed by atoms with Crippen LogP contribution in [0.1, 0.15) is 219 Å². The summed E-state index contributed by atoms with van der Waals surface area (Å²) in [5, 5.41) is 7.42. The summed E-state index contributed by atoms with van der Waals surface area (Å²) in [5.74, 6) is 0.727. The molecule has 2 fully saturated rings. The molecule has 0 amide bonds. The fraction of sp³-hybridized carbons (Fsp3) is 0.950. The highest BCUT2D eigenvalue weighted by molar-refractivity contribution is 5.84. The highest BCUT2D eigenvalue weighted by atomic mass is 16.5. The van der Waals surface area contributed by atoms with Gasteiger partial charge in [-0.25, -0.2) is 0 Å². The standard InChI is InChI=1S/C40H76N2O3/c1-3-5-7-9-11-13-15-17-19-27-33-39(41-35-29-23-21-25-31-37(35)43)45-40(42-36-30-24-22-26-32-38(36)44)34-28-20-18-16-14-12-10-8-6-4-2/h35-36,39-42H,3-34H2,1-2H3. The number of ether oxygens (including phenoxy) is 1. The Balaban J connectivity index is 1.90. The van der Waals surface area contributed by atoms with Crippen LogP contribution < -0.4 is 10.6 Å². The number of ketones is 2. The van der Waals surface area contributed by atoms with Crippen LogP contribution in [0.5, 0.6) is 0 Å². The Bertz CT molecular complexity index is 656. The van der Waals surface area contributed by atoms with E-state index in [9.17, 15) is 9.59 Å². The van der Waals surface area contributed by atoms with Gasteiger partial charge in [-0.2, -0.15) is 0 Å². The number of Topliss-reactive ketones (excluding diaryl/α,β-unsaturated/α-hetero) is 2. The number of unbranched alkanes of at least 4 members (excludes halogenated alkanes) is 18. The summed E-state index contributed by atoms with van der Waals surface area (Å²) in [5.41, 5.74) is 0. The molecule has 45 heavy (non-hydrogen) atoms. The molecule has 0 bridgehead atoms. The third kappa shape index (κ3) is 20.9. The molecule has 5 heteroatoms. The van der Waals surface area contributed by atoms with E-state index in [0.29, 0.717) is 24.4 Å². The van der Waals surface area contributed by atoms with Crippen molar-refractivity contribution in [2.45, 2.75) is 244 Å². The second kappa shape index (κ2) is 28.3. The first-order chi connectivity index (χ1) is 22.1. The summed E-state index contributed by atoms with van der Waals surface area (Å²) in [6, 6.07) is -0.170. The zero-order valence-corrected chi connectivity index (χ0v) is 30.2. The summed E-state index contributed by atoms with van der Waals surface area (Å²) in [6.07, 6.45) is 37.8. The van der Waals surface area contributed by atoms with Crippen molar-refractivity contribution in [3.63, 3.8) is 0 Å². The molecule has 2 aliphatic rings. The lowest BCUT2D eigenvalue weighted by Gasteiger charge is -2.31. The fourth-order valence-corrected chi connectivity index (χ4v) is 7.33. The number of rotatable bonds is 28. The summed E-state index contributed by atoms with van der Waals surface area (Å²) >= 11 is 0. The SMILES string of the molecule is CCCCCCCCCCCCC(NC1CCCCCC1=O)OC(CCCCCCCCCCCC)NC1CCCCCC1=O. The van der Waals surface area contributed by atoms with Crippen molar-refractivity contribution in [1.29, 1.82) is 0 Å². The van der Waals surface area contributed by atoms with Gasteiger partial charge in [-0.3, -0.25) is 20.2 Å². The van der Waals surface area contributed by atoms with Gasteiger partial charge >= 0.3 is 0 Å². The minimum absolute atomic E-state index is 0.0851. The van der Waals surface area contributed by atoms with E-state index in [1.165, 1.54) is 116 Å². The highest BCUT2D eigenvalue weighted by Crippen LogP contribution is 2.21. The Hall–Kier alpha value is -0.780. The van der Waals surface area contributed by atoms with E-state index >= 15 is 0 Å². The first kappa shape index (κ1) is 40.4. The quantitative estimate of drug-likeness (QED) is 0.0510. The number of hydrogen-bond donors (Lipinski definition) is 2. The molecule has 0 heterocycles. The van der Waals surface area contributed by atoms with Crippen molar-refractivity contribution >= 4 is 11.6 Å². The van der Waals surface area contributed by atoms with Crippen LogP contribution in [0.25, 0.3) is 0 Å². The molecule has 4 unspecified atom stereocenters. The van der Waals surface area contributed by atoms with Gasteiger partial charge in [0, 0.05) is 12.8 Å². The third-order valence-electron chi connectivity index (χ3n) is 10.4. The van der Waals surface area contributed by atoms with Gasteiger partial charge in [0.05, 0.1) is 12.1 Å². The molecule has 0 spiro atoms. The third-order valence-corrected chi connectivity index (χ3v) is 10.4. The first-order valence-electron chi connectivity index (χ1n) is 20.4. The molecule has 0 aliphatic heterocycles. The average molecular weight is 633 g/mol. The van der Waals surface area contributed by atoms with Crippen LogP contribution in [-0.2, 0) is 14.3 Å². The Morgan fingerprint density at radius 1 is 0.489 bits per heavy atom. The van der Waals surface area contributed by atoms with E-state index in [0.717, 1.165) is 77.0 Å². The van der Waals surface area contributed by atoms with E-state index in [1.54, 1.807) is 0 Å². The molecule has 0 radical (unpaired) electrons. The van der Waals surface area contributed by atoms with Gasteiger partial charge in [-0.05, 0) is 51.4 Å². The molecular weight excluding hydrogens is 556 g/mol. The summed E-state index contributed by atoms with van der Waals surface area (Å²) in [6.45, 7) is 4.56. The van der Waals surface area contributed by atoms with Crippen molar-refractivity contribution in [2.24, 2.45) is 0 Å². The molecule has 0 aromatic carbocycles. The Labute approximate surface area is 279 Å². The maximum atomic E-state index is 13.0. The molecule has 2 rings (SSSR count). The minimum Gasteiger partial charge on any atom is -0.345 e. The van der Waals surface area contributed by atoms with Crippen molar-refractivity contribution in [3.05, 3.63) is 0 Å². The van der Waals surface area contributed by atoms with Crippen LogP contribution in [0.4, 0.5) is 0 Å². The zero-order chi connectivity index (χ0) is 32.2. The van der Waals surface area contributed by atoms with E-state index in [-0.39, 0.29) is 24.5 Å². The lowest BCUT2D eigenvalue weighted by atomic mass is 10.0. The van der Waals surface area contributed by atoms with Crippen molar-refractivity contribution in [1.82, 2.24) is 10.6 Å². The van der Waals surface area contributed by atoms with Gasteiger partial charge in [-0.1, -0.05) is 155 Å². The summed E-state index contributed by atoms with van der Waals surface area (Å²) < 4.78 is 6.87. The summed E-state index contributed by atoms with van der Waals surface area (Å²) in [4.78, 5) is 25.9. The molecule has 0 saturated heterocycles. The van der Waals surface area contributed by atoms with Crippen LogP contribution in [0, 0.1) is 0 Å². The van der Waals surface area contributed by atoms with E-state index < -0.39 is 0 Å². The van der Waals surface area contributed by atoms with Crippen molar-refractivity contribution in [2.75, 3.05) is 0 Å². The van der Waals surface area contributed by atoms with Gasteiger partial charge in [0.1, 0.15) is 24.0 Å². The van der Waals surface area contributed by atoms with E-state index in [1.807, 2.05) is 0 Å². The normalized spacial score (nSPS) is 21.0. The molecule has 2 saturated carbocycles. The number of carbonyl (C=O) groups is 2. The topological polar surface area (TPSA) is 67.4 Å². The second-order valence-corrected chi connectivity index (χ2v) is 14.6. The Morgan fingerprint density at radius 2 is 0.822 bits per heavy atom. The highest BCUT2D eigenvalue weighted by Gasteiger charge is 2.28. The van der Waals surface area contributed by atoms with Crippen LogP contribution in [0.15, 0.2) is 0 Å². The largest absolute Gasteiger partial charge is 0.345 e. The smallest absolute Gasteiger partial charge is 0.149 e. The average Bonchev–Trinajstić information content (AvgIpc) is 3.37. The number of hydrogen-bond acceptors (Lipinski definition) is 5. The van der Waals surface area contributed by atoms with Crippen LogP contribution >= 0.6 is 0 Å². The Kier molecular flexibility index (Phi) is 25.4. The zero-order valence-electron chi connectivity index (χ0n) is 30.2.